The van der Waals surface area contributed by atoms with Crippen molar-refractivity contribution >= 4 is 17.3 Å². The van der Waals surface area contributed by atoms with Gasteiger partial charge in [0.15, 0.2) is 0 Å². The van der Waals surface area contributed by atoms with Crippen LogP contribution in [0.5, 0.6) is 0 Å². The summed E-state index contributed by atoms with van der Waals surface area (Å²) in [5.74, 6) is -0.255. The van der Waals surface area contributed by atoms with Crippen molar-refractivity contribution in [1.29, 1.82) is 0 Å². The summed E-state index contributed by atoms with van der Waals surface area (Å²) < 4.78 is 37.8. The summed E-state index contributed by atoms with van der Waals surface area (Å²) in [5, 5.41) is 16.2. The molecular formula is C14H19F3N4O3. The van der Waals surface area contributed by atoms with Gasteiger partial charge in [0.05, 0.1) is 10.5 Å². The Hall–Kier alpha value is -2.36. The van der Waals surface area contributed by atoms with Crippen molar-refractivity contribution in [3.05, 3.63) is 33.9 Å². The largest absolute Gasteiger partial charge is 0.416 e. The molecule has 0 fully saturated rings. The molecule has 134 valence electrons. The number of nitrogens with one attached hydrogen (secondary N) is 2. The monoisotopic (exact) mass is 348 g/mol. The molecule has 0 aliphatic rings. The van der Waals surface area contributed by atoms with Crippen molar-refractivity contribution in [2.75, 3.05) is 25.0 Å². The summed E-state index contributed by atoms with van der Waals surface area (Å²) in [6.07, 6.45) is -3.08. The first-order valence-corrected chi connectivity index (χ1v) is 7.32. The summed E-state index contributed by atoms with van der Waals surface area (Å²) in [6, 6.07) is 2.21. The Morgan fingerprint density at radius 2 is 1.96 bits per heavy atom. The maximum absolute atomic E-state index is 12.6. The van der Waals surface area contributed by atoms with Gasteiger partial charge in [0, 0.05) is 25.6 Å². The standard InChI is InChI=1S/C14H19F3N4O3/c15-14(16,17)10-3-4-11(12(9-10)21(23)24)19-8-5-13(22)20-7-2-1-6-18/h3-4,9,19H,1-2,5-8,18H2,(H,20,22). The Labute approximate surface area is 136 Å². The minimum Gasteiger partial charge on any atom is -0.379 e. The number of hydrogen-bond acceptors (Lipinski definition) is 5. The van der Waals surface area contributed by atoms with E-state index in [9.17, 15) is 28.1 Å². The molecule has 0 aliphatic carbocycles. The van der Waals surface area contributed by atoms with Gasteiger partial charge in [-0.3, -0.25) is 14.9 Å². The molecule has 1 aromatic rings. The minimum atomic E-state index is -4.66. The van der Waals surface area contributed by atoms with Crippen molar-refractivity contribution in [2.45, 2.75) is 25.4 Å². The Balaban J connectivity index is 2.58. The van der Waals surface area contributed by atoms with Crippen LogP contribution in [0.25, 0.3) is 0 Å². The molecule has 0 atom stereocenters. The number of unbranched alkanes of at least 4 members (excludes halogenated alkanes) is 1. The summed E-state index contributed by atoms with van der Waals surface area (Å²) in [5.41, 5.74) is 3.47. The highest BCUT2D eigenvalue weighted by Crippen LogP contribution is 2.34. The molecule has 0 heterocycles. The first-order valence-electron chi connectivity index (χ1n) is 7.32. The lowest BCUT2D eigenvalue weighted by Gasteiger charge is -2.10. The summed E-state index contributed by atoms with van der Waals surface area (Å²) in [4.78, 5) is 21.5. The Morgan fingerprint density at radius 1 is 1.25 bits per heavy atom. The second-order valence-electron chi connectivity index (χ2n) is 5.01. The fourth-order valence-electron chi connectivity index (χ4n) is 1.90. The van der Waals surface area contributed by atoms with E-state index in [1.807, 2.05) is 0 Å². The van der Waals surface area contributed by atoms with Crippen LogP contribution in [-0.4, -0.2) is 30.5 Å². The van der Waals surface area contributed by atoms with Crippen molar-refractivity contribution in [2.24, 2.45) is 5.73 Å². The zero-order valence-corrected chi connectivity index (χ0v) is 12.9. The molecule has 0 unspecified atom stereocenters. The van der Waals surface area contributed by atoms with Gasteiger partial charge >= 0.3 is 6.18 Å². The smallest absolute Gasteiger partial charge is 0.379 e. The Bertz CT molecular complexity index is 579. The third-order valence-corrected chi connectivity index (χ3v) is 3.14. The number of halogens is 3. The Kier molecular flexibility index (Phi) is 7.43. The van der Waals surface area contributed by atoms with E-state index in [0.29, 0.717) is 19.2 Å². The molecule has 24 heavy (non-hydrogen) atoms. The van der Waals surface area contributed by atoms with E-state index < -0.39 is 22.4 Å². The minimum absolute atomic E-state index is 0.0425. The van der Waals surface area contributed by atoms with Gasteiger partial charge in [-0.1, -0.05) is 0 Å². The first kappa shape index (κ1) is 19.7. The normalized spacial score (nSPS) is 11.2. The lowest BCUT2D eigenvalue weighted by molar-refractivity contribution is -0.384. The number of alkyl halides is 3. The van der Waals surface area contributed by atoms with Crippen LogP contribution in [0.3, 0.4) is 0 Å². The van der Waals surface area contributed by atoms with E-state index in [-0.39, 0.29) is 24.6 Å². The highest BCUT2D eigenvalue weighted by atomic mass is 19.4. The van der Waals surface area contributed by atoms with Crippen molar-refractivity contribution in [1.82, 2.24) is 5.32 Å². The lowest BCUT2D eigenvalue weighted by Crippen LogP contribution is -2.26. The SMILES string of the molecule is NCCCCNC(=O)CCNc1ccc(C(F)(F)F)cc1[N+](=O)[O-]. The zero-order chi connectivity index (χ0) is 18.2. The average Bonchev–Trinajstić information content (AvgIpc) is 2.50. The highest BCUT2D eigenvalue weighted by Gasteiger charge is 2.32. The van der Waals surface area contributed by atoms with E-state index in [0.717, 1.165) is 25.0 Å². The van der Waals surface area contributed by atoms with Gasteiger partial charge in [0.25, 0.3) is 5.69 Å². The molecule has 1 amide bonds. The zero-order valence-electron chi connectivity index (χ0n) is 12.9. The van der Waals surface area contributed by atoms with Crippen LogP contribution in [0.4, 0.5) is 24.5 Å². The number of carbonyl (C=O) groups excluding carboxylic acids is 1. The molecular weight excluding hydrogens is 329 g/mol. The molecule has 0 bridgehead atoms. The number of hydrogen-bond donors (Lipinski definition) is 3. The maximum Gasteiger partial charge on any atom is 0.416 e. The molecule has 7 nitrogen and oxygen atoms in total. The molecule has 0 aromatic heterocycles. The fourth-order valence-corrected chi connectivity index (χ4v) is 1.90. The number of benzene rings is 1. The van der Waals surface area contributed by atoms with E-state index in [1.165, 1.54) is 0 Å². The number of nitrogens with two attached hydrogens (primary N) is 1. The van der Waals surface area contributed by atoms with Crippen LogP contribution in [0.2, 0.25) is 0 Å². The van der Waals surface area contributed by atoms with E-state index in [4.69, 9.17) is 5.73 Å². The molecule has 0 spiro atoms. The van der Waals surface area contributed by atoms with E-state index in [1.54, 1.807) is 0 Å². The van der Waals surface area contributed by atoms with Crippen LogP contribution in [0, 0.1) is 10.1 Å². The second-order valence-corrected chi connectivity index (χ2v) is 5.01. The number of nitro groups is 1. The summed E-state index contributed by atoms with van der Waals surface area (Å²) >= 11 is 0. The van der Waals surface area contributed by atoms with Gasteiger partial charge in [0.2, 0.25) is 5.91 Å². The van der Waals surface area contributed by atoms with Crippen molar-refractivity contribution in [3.8, 4) is 0 Å². The summed E-state index contributed by atoms with van der Waals surface area (Å²) in [6.45, 7) is 1.08. The topological polar surface area (TPSA) is 110 Å². The second kappa shape index (κ2) is 9.06. The van der Waals surface area contributed by atoms with Gasteiger partial charge in [-0.15, -0.1) is 0 Å². The van der Waals surface area contributed by atoms with Gasteiger partial charge in [-0.2, -0.15) is 13.2 Å². The first-order chi connectivity index (χ1) is 11.3. The highest BCUT2D eigenvalue weighted by molar-refractivity contribution is 5.76. The van der Waals surface area contributed by atoms with Crippen LogP contribution in [0.1, 0.15) is 24.8 Å². The molecule has 0 radical (unpaired) electrons. The lowest BCUT2D eigenvalue weighted by atomic mass is 10.1. The van der Waals surface area contributed by atoms with Crippen molar-refractivity contribution < 1.29 is 22.9 Å². The van der Waals surface area contributed by atoms with E-state index in [2.05, 4.69) is 10.6 Å². The molecule has 1 rings (SSSR count). The van der Waals surface area contributed by atoms with Crippen LogP contribution in [-0.2, 0) is 11.0 Å². The quantitative estimate of drug-likeness (QED) is 0.360. The third kappa shape index (κ3) is 6.41. The van der Waals surface area contributed by atoms with E-state index >= 15 is 0 Å². The van der Waals surface area contributed by atoms with Gasteiger partial charge < -0.3 is 16.4 Å². The molecule has 1 aromatic carbocycles. The molecule has 0 aliphatic heterocycles. The molecule has 0 saturated heterocycles. The molecule has 4 N–H and O–H groups in total. The van der Waals surface area contributed by atoms with Gasteiger partial charge in [0.1, 0.15) is 5.69 Å². The van der Waals surface area contributed by atoms with Crippen LogP contribution >= 0.6 is 0 Å². The number of nitro benzene ring substituents is 1. The number of rotatable bonds is 9. The number of amides is 1. The summed E-state index contributed by atoms with van der Waals surface area (Å²) in [7, 11) is 0. The maximum atomic E-state index is 12.6. The average molecular weight is 348 g/mol. The van der Waals surface area contributed by atoms with Crippen LogP contribution in [0.15, 0.2) is 18.2 Å². The number of carbonyl (C=O) groups is 1. The Morgan fingerprint density at radius 3 is 2.54 bits per heavy atom. The third-order valence-electron chi connectivity index (χ3n) is 3.14. The molecule has 10 heteroatoms. The predicted octanol–water partition coefficient (Wildman–Crippen LogP) is 2.27. The van der Waals surface area contributed by atoms with Gasteiger partial charge in [-0.25, -0.2) is 0 Å². The molecule has 0 saturated carbocycles. The van der Waals surface area contributed by atoms with Gasteiger partial charge in [-0.05, 0) is 31.5 Å². The number of anilines is 1. The fraction of sp³-hybridized carbons (Fsp3) is 0.500. The number of nitrogens with zero attached hydrogens (tertiary/aromatic N) is 1. The van der Waals surface area contributed by atoms with Crippen molar-refractivity contribution in [3.63, 3.8) is 0 Å². The predicted molar refractivity (Wildman–Crippen MR) is 82.5 cm³/mol. The van der Waals surface area contributed by atoms with Crippen LogP contribution < -0.4 is 16.4 Å².